The predicted octanol–water partition coefficient (Wildman–Crippen LogP) is 1.31. The van der Waals surface area contributed by atoms with E-state index in [4.69, 9.17) is 22.4 Å². The molecule has 1 atom stereocenters. The monoisotopic (exact) mass is 220 g/mol. The lowest BCUT2D eigenvalue weighted by atomic mass is 10.1. The first kappa shape index (κ1) is 10.4. The number of nitrogens with zero attached hydrogens (tertiary/aromatic N) is 1. The zero-order valence-corrected chi connectivity index (χ0v) is 8.31. The van der Waals surface area contributed by atoms with Gasteiger partial charge in [0, 0.05) is 12.5 Å². The largest absolute Gasteiger partial charge is 0.481 e. The van der Waals surface area contributed by atoms with E-state index in [1.165, 1.54) is 17.5 Å². The second-order valence-electron chi connectivity index (χ2n) is 2.53. The highest BCUT2D eigenvalue weighted by Crippen LogP contribution is 2.26. The molecule has 0 radical (unpaired) electrons. The summed E-state index contributed by atoms with van der Waals surface area (Å²) in [6.07, 6.45) is 1.51. The first-order valence-electron chi connectivity index (χ1n) is 3.66. The van der Waals surface area contributed by atoms with Gasteiger partial charge in [-0.1, -0.05) is 11.6 Å². The minimum Gasteiger partial charge on any atom is -0.481 e. The summed E-state index contributed by atoms with van der Waals surface area (Å²) in [6.45, 7) is 0.274. The number of aromatic nitrogens is 1. The van der Waals surface area contributed by atoms with Gasteiger partial charge in [-0.05, 0) is 0 Å². The standard InChI is InChI=1S/C7H9ClN2O2S/c8-5-3-10-7(13-5)4(2-9)1-6(11)12/h3-4H,1-2,9H2,(H,11,12). The molecule has 0 spiro atoms. The van der Waals surface area contributed by atoms with Crippen LogP contribution < -0.4 is 5.73 Å². The normalized spacial score (nSPS) is 12.8. The fourth-order valence-corrected chi connectivity index (χ4v) is 1.98. The molecule has 72 valence electrons. The molecule has 3 N–H and O–H groups in total. The van der Waals surface area contributed by atoms with Crippen LogP contribution >= 0.6 is 22.9 Å². The summed E-state index contributed by atoms with van der Waals surface area (Å²) in [7, 11) is 0. The molecule has 0 amide bonds. The molecule has 0 aromatic carbocycles. The maximum Gasteiger partial charge on any atom is 0.304 e. The van der Waals surface area contributed by atoms with Crippen molar-refractivity contribution in [3.05, 3.63) is 15.5 Å². The van der Waals surface area contributed by atoms with Crippen molar-refractivity contribution in [2.45, 2.75) is 12.3 Å². The Kier molecular flexibility index (Phi) is 3.65. The zero-order valence-electron chi connectivity index (χ0n) is 6.74. The van der Waals surface area contributed by atoms with Gasteiger partial charge in [-0.2, -0.15) is 0 Å². The van der Waals surface area contributed by atoms with Crippen LogP contribution in [-0.2, 0) is 4.79 Å². The summed E-state index contributed by atoms with van der Waals surface area (Å²) in [5.74, 6) is -1.10. The van der Waals surface area contributed by atoms with Crippen molar-refractivity contribution >= 4 is 28.9 Å². The summed E-state index contributed by atoms with van der Waals surface area (Å²) in [5, 5.41) is 9.26. The number of carboxylic acid groups (broad SMARTS) is 1. The molecule has 0 aliphatic heterocycles. The third-order valence-electron chi connectivity index (χ3n) is 1.55. The highest BCUT2D eigenvalue weighted by atomic mass is 35.5. The number of carboxylic acids is 1. The molecule has 6 heteroatoms. The topological polar surface area (TPSA) is 76.2 Å². The van der Waals surface area contributed by atoms with Crippen molar-refractivity contribution in [3.63, 3.8) is 0 Å². The third-order valence-corrected chi connectivity index (χ3v) is 2.83. The molecule has 1 aromatic rings. The lowest BCUT2D eigenvalue weighted by Crippen LogP contribution is -2.15. The van der Waals surface area contributed by atoms with Gasteiger partial charge in [0.05, 0.1) is 17.6 Å². The number of nitrogens with two attached hydrogens (primary N) is 1. The maximum absolute atomic E-state index is 10.4. The summed E-state index contributed by atoms with van der Waals surface area (Å²) in [4.78, 5) is 14.4. The summed E-state index contributed by atoms with van der Waals surface area (Å²) in [5.41, 5.74) is 5.42. The Hall–Kier alpha value is -0.650. The average molecular weight is 221 g/mol. The Morgan fingerprint density at radius 2 is 2.54 bits per heavy atom. The molecule has 0 saturated carbocycles. The minimum absolute atomic E-state index is 0.000340. The van der Waals surface area contributed by atoms with Crippen molar-refractivity contribution in [1.82, 2.24) is 4.98 Å². The molecule has 0 aliphatic rings. The Morgan fingerprint density at radius 3 is 2.92 bits per heavy atom. The van der Waals surface area contributed by atoms with Gasteiger partial charge in [0.1, 0.15) is 4.34 Å². The van der Waals surface area contributed by atoms with E-state index in [0.717, 1.165) is 0 Å². The maximum atomic E-state index is 10.4. The molecule has 0 bridgehead atoms. The number of hydrogen-bond donors (Lipinski definition) is 2. The first-order valence-corrected chi connectivity index (χ1v) is 4.86. The molecule has 1 rings (SSSR count). The number of thiazole rings is 1. The van der Waals surface area contributed by atoms with E-state index < -0.39 is 5.97 Å². The van der Waals surface area contributed by atoms with Crippen LogP contribution in [0.15, 0.2) is 6.20 Å². The number of aliphatic carboxylic acids is 1. The minimum atomic E-state index is -0.873. The Morgan fingerprint density at radius 1 is 1.85 bits per heavy atom. The third kappa shape index (κ3) is 2.95. The second kappa shape index (κ2) is 4.55. The van der Waals surface area contributed by atoms with Gasteiger partial charge in [0.25, 0.3) is 0 Å². The smallest absolute Gasteiger partial charge is 0.304 e. The SMILES string of the molecule is NCC(CC(=O)O)c1ncc(Cl)s1. The van der Waals surface area contributed by atoms with Crippen LogP contribution in [0, 0.1) is 0 Å². The van der Waals surface area contributed by atoms with Gasteiger partial charge in [-0.15, -0.1) is 11.3 Å². The van der Waals surface area contributed by atoms with E-state index in [9.17, 15) is 4.79 Å². The van der Waals surface area contributed by atoms with E-state index >= 15 is 0 Å². The number of carbonyl (C=O) groups is 1. The van der Waals surface area contributed by atoms with Crippen molar-refractivity contribution in [3.8, 4) is 0 Å². The van der Waals surface area contributed by atoms with Crippen LogP contribution in [0.1, 0.15) is 17.3 Å². The van der Waals surface area contributed by atoms with Gasteiger partial charge in [0.15, 0.2) is 0 Å². The van der Waals surface area contributed by atoms with Crippen molar-refractivity contribution in [2.75, 3.05) is 6.54 Å². The Balaban J connectivity index is 2.72. The molecule has 0 aliphatic carbocycles. The van der Waals surface area contributed by atoms with Crippen LogP contribution in [-0.4, -0.2) is 22.6 Å². The predicted molar refractivity (Wildman–Crippen MR) is 51.2 cm³/mol. The average Bonchev–Trinajstić information content (AvgIpc) is 2.47. The zero-order chi connectivity index (χ0) is 9.84. The Bertz CT molecular complexity index is 302. The van der Waals surface area contributed by atoms with Gasteiger partial charge in [-0.3, -0.25) is 4.79 Å². The lowest BCUT2D eigenvalue weighted by Gasteiger charge is -2.07. The lowest BCUT2D eigenvalue weighted by molar-refractivity contribution is -0.137. The van der Waals surface area contributed by atoms with Crippen molar-refractivity contribution in [1.29, 1.82) is 0 Å². The number of rotatable bonds is 4. The molecular weight excluding hydrogens is 212 g/mol. The van der Waals surface area contributed by atoms with Gasteiger partial charge < -0.3 is 10.8 Å². The second-order valence-corrected chi connectivity index (χ2v) is 4.23. The van der Waals surface area contributed by atoms with Gasteiger partial charge in [0.2, 0.25) is 0 Å². The summed E-state index contributed by atoms with van der Waals surface area (Å²) >= 11 is 6.94. The van der Waals surface area contributed by atoms with E-state index in [1.807, 2.05) is 0 Å². The van der Waals surface area contributed by atoms with E-state index in [-0.39, 0.29) is 18.9 Å². The molecule has 1 heterocycles. The van der Waals surface area contributed by atoms with Crippen molar-refractivity contribution in [2.24, 2.45) is 5.73 Å². The molecule has 1 aromatic heterocycles. The van der Waals surface area contributed by atoms with Crippen LogP contribution in [0.3, 0.4) is 0 Å². The van der Waals surface area contributed by atoms with Crippen LogP contribution in [0.4, 0.5) is 0 Å². The van der Waals surface area contributed by atoms with E-state index in [0.29, 0.717) is 9.34 Å². The summed E-state index contributed by atoms with van der Waals surface area (Å²) in [6, 6.07) is 0. The molecule has 0 fully saturated rings. The molecule has 1 unspecified atom stereocenters. The molecule has 0 saturated heterocycles. The van der Waals surface area contributed by atoms with Gasteiger partial charge >= 0.3 is 5.97 Å². The fourth-order valence-electron chi connectivity index (χ4n) is 0.938. The molecule has 13 heavy (non-hydrogen) atoms. The first-order chi connectivity index (χ1) is 6.13. The van der Waals surface area contributed by atoms with Crippen LogP contribution in [0.5, 0.6) is 0 Å². The van der Waals surface area contributed by atoms with Crippen LogP contribution in [0.25, 0.3) is 0 Å². The number of halogens is 1. The van der Waals surface area contributed by atoms with E-state index in [1.54, 1.807) is 0 Å². The quantitative estimate of drug-likeness (QED) is 0.802. The number of hydrogen-bond acceptors (Lipinski definition) is 4. The fraction of sp³-hybridized carbons (Fsp3) is 0.429. The Labute approximate surface area is 84.4 Å². The highest BCUT2D eigenvalue weighted by Gasteiger charge is 2.17. The highest BCUT2D eigenvalue weighted by molar-refractivity contribution is 7.15. The van der Waals surface area contributed by atoms with Gasteiger partial charge in [-0.25, -0.2) is 4.98 Å². The summed E-state index contributed by atoms with van der Waals surface area (Å²) < 4.78 is 0.554. The van der Waals surface area contributed by atoms with Crippen molar-refractivity contribution < 1.29 is 9.90 Å². The van der Waals surface area contributed by atoms with E-state index in [2.05, 4.69) is 4.98 Å². The molecular formula is C7H9ClN2O2S. The molecule has 4 nitrogen and oxygen atoms in total. The van der Waals surface area contributed by atoms with Crippen LogP contribution in [0.2, 0.25) is 4.34 Å².